The van der Waals surface area contributed by atoms with Crippen molar-refractivity contribution < 1.29 is 4.52 Å². The van der Waals surface area contributed by atoms with E-state index in [0.717, 1.165) is 13.0 Å². The molecule has 3 heterocycles. The van der Waals surface area contributed by atoms with Crippen LogP contribution in [0.3, 0.4) is 0 Å². The molecule has 0 radical (unpaired) electrons. The Morgan fingerprint density at radius 2 is 2.41 bits per heavy atom. The van der Waals surface area contributed by atoms with Crippen molar-refractivity contribution in [3.05, 3.63) is 24.5 Å². The number of nitrogens with zero attached hydrogens (tertiary/aromatic N) is 4. The first-order valence-corrected chi connectivity index (χ1v) is 5.74. The SMILES string of the molecule is c1cnc(-c2noc(CC3CCCN3)n2)cn1. The molecule has 0 aliphatic carbocycles. The molecule has 2 aromatic heterocycles. The Morgan fingerprint density at radius 1 is 1.41 bits per heavy atom. The molecule has 0 spiro atoms. The smallest absolute Gasteiger partial charge is 0.228 e. The van der Waals surface area contributed by atoms with Crippen LogP contribution < -0.4 is 5.32 Å². The molecule has 1 saturated heterocycles. The molecule has 0 amide bonds. The largest absolute Gasteiger partial charge is 0.339 e. The third-order valence-electron chi connectivity index (χ3n) is 2.84. The van der Waals surface area contributed by atoms with Crippen LogP contribution in [0.4, 0.5) is 0 Å². The lowest BCUT2D eigenvalue weighted by Gasteiger charge is -2.04. The Labute approximate surface area is 98.5 Å². The van der Waals surface area contributed by atoms with Gasteiger partial charge in [-0.1, -0.05) is 5.16 Å². The van der Waals surface area contributed by atoms with E-state index in [4.69, 9.17) is 4.52 Å². The fourth-order valence-corrected chi connectivity index (χ4v) is 2.00. The molecule has 3 rings (SSSR count). The fraction of sp³-hybridized carbons (Fsp3) is 0.455. The molecule has 88 valence electrons. The normalized spacial score (nSPS) is 19.6. The predicted molar refractivity (Wildman–Crippen MR) is 60.1 cm³/mol. The van der Waals surface area contributed by atoms with Crippen molar-refractivity contribution in [2.75, 3.05) is 6.54 Å². The summed E-state index contributed by atoms with van der Waals surface area (Å²) in [6, 6.07) is 0.463. The van der Waals surface area contributed by atoms with Gasteiger partial charge in [-0.2, -0.15) is 4.98 Å². The topological polar surface area (TPSA) is 76.7 Å². The first-order chi connectivity index (χ1) is 8.42. The Morgan fingerprint density at radius 3 is 3.18 bits per heavy atom. The van der Waals surface area contributed by atoms with Gasteiger partial charge in [0.25, 0.3) is 0 Å². The van der Waals surface area contributed by atoms with Gasteiger partial charge in [-0.05, 0) is 19.4 Å². The zero-order valence-electron chi connectivity index (χ0n) is 9.33. The summed E-state index contributed by atoms with van der Waals surface area (Å²) in [5.74, 6) is 1.16. The van der Waals surface area contributed by atoms with E-state index in [2.05, 4.69) is 25.4 Å². The molecule has 1 aliphatic rings. The van der Waals surface area contributed by atoms with Gasteiger partial charge >= 0.3 is 0 Å². The van der Waals surface area contributed by atoms with Gasteiger partial charge in [0.15, 0.2) is 0 Å². The Kier molecular flexibility index (Phi) is 2.79. The molecule has 0 saturated carbocycles. The second-order valence-electron chi connectivity index (χ2n) is 4.10. The van der Waals surface area contributed by atoms with Crippen molar-refractivity contribution in [3.63, 3.8) is 0 Å². The van der Waals surface area contributed by atoms with Crippen molar-refractivity contribution in [1.82, 2.24) is 25.4 Å². The maximum Gasteiger partial charge on any atom is 0.228 e. The average Bonchev–Trinajstić information content (AvgIpc) is 3.02. The minimum absolute atomic E-state index is 0.463. The highest BCUT2D eigenvalue weighted by molar-refractivity contribution is 5.45. The van der Waals surface area contributed by atoms with Crippen LogP contribution in [0, 0.1) is 0 Å². The van der Waals surface area contributed by atoms with Gasteiger partial charge in [0.1, 0.15) is 5.69 Å². The van der Waals surface area contributed by atoms with Crippen molar-refractivity contribution in [2.24, 2.45) is 0 Å². The predicted octanol–water partition coefficient (Wildman–Crippen LogP) is 0.821. The molecule has 2 aromatic rings. The Hall–Kier alpha value is -1.82. The summed E-state index contributed by atoms with van der Waals surface area (Å²) in [5.41, 5.74) is 0.641. The molecule has 0 bridgehead atoms. The van der Waals surface area contributed by atoms with E-state index in [0.29, 0.717) is 23.5 Å². The summed E-state index contributed by atoms with van der Waals surface area (Å²) in [6.07, 6.45) is 8.03. The van der Waals surface area contributed by atoms with E-state index in [-0.39, 0.29) is 0 Å². The molecule has 6 nitrogen and oxygen atoms in total. The van der Waals surface area contributed by atoms with E-state index in [9.17, 15) is 0 Å². The van der Waals surface area contributed by atoms with Crippen LogP contribution in [0.15, 0.2) is 23.1 Å². The van der Waals surface area contributed by atoms with Gasteiger partial charge in [-0.25, -0.2) is 4.98 Å². The van der Waals surface area contributed by atoms with Gasteiger partial charge in [0.05, 0.1) is 6.20 Å². The van der Waals surface area contributed by atoms with Gasteiger partial charge in [-0.3, -0.25) is 4.98 Å². The number of aromatic nitrogens is 4. The molecule has 1 N–H and O–H groups in total. The summed E-state index contributed by atoms with van der Waals surface area (Å²) in [7, 11) is 0. The highest BCUT2D eigenvalue weighted by atomic mass is 16.5. The lowest BCUT2D eigenvalue weighted by atomic mass is 10.1. The maximum atomic E-state index is 5.21. The fourth-order valence-electron chi connectivity index (χ4n) is 2.00. The van der Waals surface area contributed by atoms with Gasteiger partial charge in [-0.15, -0.1) is 0 Å². The van der Waals surface area contributed by atoms with E-state index in [1.54, 1.807) is 18.6 Å². The summed E-state index contributed by atoms with van der Waals surface area (Å²) in [4.78, 5) is 12.4. The Balaban J connectivity index is 1.74. The van der Waals surface area contributed by atoms with Crippen molar-refractivity contribution in [1.29, 1.82) is 0 Å². The molecule has 6 heteroatoms. The van der Waals surface area contributed by atoms with E-state index < -0.39 is 0 Å². The molecular formula is C11H13N5O. The number of rotatable bonds is 3. The van der Waals surface area contributed by atoms with Crippen LogP contribution in [-0.2, 0) is 6.42 Å². The number of hydrogen-bond acceptors (Lipinski definition) is 6. The minimum Gasteiger partial charge on any atom is -0.339 e. The van der Waals surface area contributed by atoms with Crippen LogP contribution in [0.25, 0.3) is 11.5 Å². The van der Waals surface area contributed by atoms with Crippen LogP contribution in [0.2, 0.25) is 0 Å². The minimum atomic E-state index is 0.463. The standard InChI is InChI=1S/C11H13N5O/c1-2-8(13-3-1)6-10-15-11(16-17-10)9-7-12-4-5-14-9/h4-5,7-8,13H,1-3,6H2. The van der Waals surface area contributed by atoms with Crippen molar-refractivity contribution in [3.8, 4) is 11.5 Å². The highest BCUT2D eigenvalue weighted by Crippen LogP contribution is 2.14. The summed E-state index contributed by atoms with van der Waals surface area (Å²) >= 11 is 0. The first-order valence-electron chi connectivity index (χ1n) is 5.74. The first kappa shape index (κ1) is 10.3. The molecule has 1 aliphatic heterocycles. The highest BCUT2D eigenvalue weighted by Gasteiger charge is 2.18. The zero-order chi connectivity index (χ0) is 11.5. The van der Waals surface area contributed by atoms with Crippen LogP contribution in [-0.4, -0.2) is 32.7 Å². The van der Waals surface area contributed by atoms with Gasteiger partial charge in [0, 0.05) is 24.9 Å². The lowest BCUT2D eigenvalue weighted by molar-refractivity contribution is 0.364. The average molecular weight is 231 g/mol. The van der Waals surface area contributed by atoms with E-state index >= 15 is 0 Å². The van der Waals surface area contributed by atoms with E-state index in [1.807, 2.05) is 0 Å². The molecule has 17 heavy (non-hydrogen) atoms. The summed E-state index contributed by atoms with van der Waals surface area (Å²) in [6.45, 7) is 1.08. The van der Waals surface area contributed by atoms with Gasteiger partial charge in [0.2, 0.25) is 11.7 Å². The monoisotopic (exact) mass is 231 g/mol. The maximum absolute atomic E-state index is 5.21. The van der Waals surface area contributed by atoms with Crippen LogP contribution >= 0.6 is 0 Å². The number of nitrogens with one attached hydrogen (secondary N) is 1. The second-order valence-corrected chi connectivity index (χ2v) is 4.10. The number of hydrogen-bond donors (Lipinski definition) is 1. The molecule has 1 unspecified atom stereocenters. The summed E-state index contributed by atoms with van der Waals surface area (Å²) < 4.78 is 5.21. The second kappa shape index (κ2) is 4.58. The quantitative estimate of drug-likeness (QED) is 0.842. The molecule has 1 fully saturated rings. The van der Waals surface area contributed by atoms with Crippen molar-refractivity contribution in [2.45, 2.75) is 25.3 Å². The van der Waals surface area contributed by atoms with Crippen LogP contribution in [0.1, 0.15) is 18.7 Å². The van der Waals surface area contributed by atoms with Crippen LogP contribution in [0.5, 0.6) is 0 Å². The zero-order valence-corrected chi connectivity index (χ0v) is 9.33. The third-order valence-corrected chi connectivity index (χ3v) is 2.84. The van der Waals surface area contributed by atoms with Crippen molar-refractivity contribution >= 4 is 0 Å². The molecular weight excluding hydrogens is 218 g/mol. The molecule has 1 atom stereocenters. The summed E-state index contributed by atoms with van der Waals surface area (Å²) in [5, 5.41) is 7.31. The molecule has 0 aromatic carbocycles. The van der Waals surface area contributed by atoms with E-state index in [1.165, 1.54) is 12.8 Å². The lowest BCUT2D eigenvalue weighted by Crippen LogP contribution is -2.23. The Bertz CT molecular complexity index is 478. The third kappa shape index (κ3) is 2.31. The van der Waals surface area contributed by atoms with Gasteiger partial charge < -0.3 is 9.84 Å².